The first-order chi connectivity index (χ1) is 3.18. The molecule has 42 valence electrons. The molecule has 0 aliphatic rings. The Morgan fingerprint density at radius 3 is 2.29 bits per heavy atom. The van der Waals surface area contributed by atoms with Crippen molar-refractivity contribution in [2.45, 2.75) is 4.95 Å². The lowest BCUT2D eigenvalue weighted by Crippen LogP contribution is -2.11. The van der Waals surface area contributed by atoms with E-state index in [2.05, 4.69) is 31.9 Å². The molecule has 0 aromatic carbocycles. The molecule has 0 saturated heterocycles. The molecule has 1 atom stereocenters. The molecule has 3 nitrogen and oxygen atoms in total. The van der Waals surface area contributed by atoms with Gasteiger partial charge < -0.3 is 0 Å². The monoisotopic (exact) mass is 231 g/mol. The Morgan fingerprint density at radius 2 is 2.29 bits per heavy atom. The van der Waals surface area contributed by atoms with Crippen molar-refractivity contribution >= 4 is 31.9 Å². The van der Waals surface area contributed by atoms with Gasteiger partial charge in [-0.3, -0.25) is 10.1 Å². The fourth-order valence-corrected chi connectivity index (χ4v) is 0.293. The molecular formula is C2H3Br2NO2. The van der Waals surface area contributed by atoms with Gasteiger partial charge in [0.25, 0.3) is 4.95 Å². The lowest BCUT2D eigenvalue weighted by molar-refractivity contribution is -0.486. The smallest absolute Gasteiger partial charge is 0.263 e. The van der Waals surface area contributed by atoms with Gasteiger partial charge in [-0.2, -0.15) is 0 Å². The quantitative estimate of drug-likeness (QED) is 0.313. The number of hydrogen-bond donors (Lipinski definition) is 0. The van der Waals surface area contributed by atoms with Crippen molar-refractivity contribution in [3.05, 3.63) is 10.1 Å². The van der Waals surface area contributed by atoms with Crippen molar-refractivity contribution < 1.29 is 4.92 Å². The molecule has 0 bridgehead atoms. The first-order valence-corrected chi connectivity index (χ1v) is 3.55. The van der Waals surface area contributed by atoms with Crippen LogP contribution < -0.4 is 0 Å². The van der Waals surface area contributed by atoms with Gasteiger partial charge in [-0.25, -0.2) is 0 Å². The molecule has 0 amide bonds. The number of halogens is 2. The first kappa shape index (κ1) is 7.36. The van der Waals surface area contributed by atoms with Crippen LogP contribution in [-0.4, -0.2) is 15.2 Å². The molecule has 0 fully saturated rings. The van der Waals surface area contributed by atoms with E-state index in [0.29, 0.717) is 5.33 Å². The highest BCUT2D eigenvalue weighted by atomic mass is 79.9. The fraction of sp³-hybridized carbons (Fsp3) is 1.00. The molecule has 0 aliphatic carbocycles. The topological polar surface area (TPSA) is 43.1 Å². The normalized spacial score (nSPS) is 13.4. The Kier molecular flexibility index (Phi) is 3.55. The third-order valence-electron chi connectivity index (χ3n) is 0.356. The van der Waals surface area contributed by atoms with Crippen LogP contribution in [0.5, 0.6) is 0 Å². The van der Waals surface area contributed by atoms with Gasteiger partial charge in [0.05, 0.1) is 5.33 Å². The Hall–Kier alpha value is 0.360. The number of alkyl halides is 2. The number of nitrogens with zero attached hydrogens (tertiary/aromatic N) is 1. The highest BCUT2D eigenvalue weighted by molar-refractivity contribution is 9.12. The Balaban J connectivity index is 3.34. The van der Waals surface area contributed by atoms with E-state index in [1.807, 2.05) is 0 Å². The van der Waals surface area contributed by atoms with Gasteiger partial charge >= 0.3 is 0 Å². The standard InChI is InChI=1S/C2H3Br2NO2/c3-1-2(4)5(6)7/h2H,1H2. The summed E-state index contributed by atoms with van der Waals surface area (Å²) in [6.07, 6.45) is 0. The van der Waals surface area contributed by atoms with Crippen LogP contribution >= 0.6 is 31.9 Å². The number of hydrogen-bond acceptors (Lipinski definition) is 2. The van der Waals surface area contributed by atoms with Crippen LogP contribution in [-0.2, 0) is 0 Å². The van der Waals surface area contributed by atoms with E-state index in [4.69, 9.17) is 0 Å². The maximum absolute atomic E-state index is 9.66. The summed E-state index contributed by atoms with van der Waals surface area (Å²) in [4.78, 5) is 8.61. The molecule has 0 rings (SSSR count). The zero-order valence-corrected chi connectivity index (χ0v) is 6.48. The molecule has 7 heavy (non-hydrogen) atoms. The van der Waals surface area contributed by atoms with Gasteiger partial charge in [0.1, 0.15) is 0 Å². The van der Waals surface area contributed by atoms with Gasteiger partial charge in [-0.1, -0.05) is 15.9 Å². The molecule has 0 aliphatic heterocycles. The summed E-state index contributed by atoms with van der Waals surface area (Å²) in [5, 5.41) is 10.0. The van der Waals surface area contributed by atoms with Crippen molar-refractivity contribution in [3.63, 3.8) is 0 Å². The number of nitro groups is 1. The van der Waals surface area contributed by atoms with E-state index in [1.54, 1.807) is 0 Å². The van der Waals surface area contributed by atoms with Crippen molar-refractivity contribution in [1.29, 1.82) is 0 Å². The highest BCUT2D eigenvalue weighted by Crippen LogP contribution is 2.02. The largest absolute Gasteiger partial charge is 0.275 e. The molecule has 0 saturated carbocycles. The maximum Gasteiger partial charge on any atom is 0.275 e. The van der Waals surface area contributed by atoms with E-state index in [-0.39, 0.29) is 0 Å². The Bertz CT molecular complexity index is 76.1. The molecular weight excluding hydrogens is 230 g/mol. The Morgan fingerprint density at radius 1 is 1.86 bits per heavy atom. The van der Waals surface area contributed by atoms with Crippen molar-refractivity contribution in [3.8, 4) is 0 Å². The molecule has 0 aromatic rings. The summed E-state index contributed by atoms with van der Waals surface area (Å²) < 4.78 is 0. The van der Waals surface area contributed by atoms with Crippen LogP contribution in [0.15, 0.2) is 0 Å². The molecule has 5 heteroatoms. The second kappa shape index (κ2) is 3.37. The zero-order chi connectivity index (χ0) is 5.86. The van der Waals surface area contributed by atoms with Gasteiger partial charge in [0.2, 0.25) is 0 Å². The van der Waals surface area contributed by atoms with E-state index >= 15 is 0 Å². The van der Waals surface area contributed by atoms with E-state index in [1.165, 1.54) is 0 Å². The highest BCUT2D eigenvalue weighted by Gasteiger charge is 2.10. The van der Waals surface area contributed by atoms with Crippen molar-refractivity contribution in [1.82, 2.24) is 0 Å². The SMILES string of the molecule is O=[N+]([O-])C(Br)CBr. The third-order valence-corrected chi connectivity index (χ3v) is 2.50. The Labute approximate surface area is 57.5 Å². The summed E-state index contributed by atoms with van der Waals surface area (Å²) in [7, 11) is 0. The van der Waals surface area contributed by atoms with Gasteiger partial charge in [-0.15, -0.1) is 0 Å². The van der Waals surface area contributed by atoms with Crippen LogP contribution in [0.2, 0.25) is 0 Å². The number of rotatable bonds is 2. The minimum atomic E-state index is -0.646. The molecule has 0 heterocycles. The second-order valence-corrected chi connectivity index (χ2v) is 2.58. The summed E-state index contributed by atoms with van der Waals surface area (Å²) in [6.45, 7) is 0. The van der Waals surface area contributed by atoms with E-state index in [9.17, 15) is 10.1 Å². The lowest BCUT2D eigenvalue weighted by atomic mass is 10.8. The summed E-state index contributed by atoms with van der Waals surface area (Å²) in [5.41, 5.74) is 0. The van der Waals surface area contributed by atoms with Gasteiger partial charge in [0.15, 0.2) is 0 Å². The maximum atomic E-state index is 9.66. The van der Waals surface area contributed by atoms with Crippen LogP contribution in [0, 0.1) is 10.1 Å². The fourth-order valence-electron chi connectivity index (χ4n) is 0.0563. The summed E-state index contributed by atoms with van der Waals surface area (Å²) in [5.74, 6) is 0. The van der Waals surface area contributed by atoms with Crippen LogP contribution in [0.4, 0.5) is 0 Å². The summed E-state index contributed by atoms with van der Waals surface area (Å²) >= 11 is 5.72. The average Bonchev–Trinajstić information content (AvgIpc) is 1.65. The van der Waals surface area contributed by atoms with E-state index < -0.39 is 9.87 Å². The van der Waals surface area contributed by atoms with Gasteiger partial charge in [-0.05, 0) is 15.9 Å². The molecule has 1 unspecified atom stereocenters. The predicted molar refractivity (Wildman–Crippen MR) is 33.5 cm³/mol. The minimum Gasteiger partial charge on any atom is -0.263 e. The van der Waals surface area contributed by atoms with Crippen molar-refractivity contribution in [2.75, 3.05) is 5.33 Å². The minimum absolute atomic E-state index is 0.347. The third kappa shape index (κ3) is 2.99. The lowest BCUT2D eigenvalue weighted by Gasteiger charge is -1.91. The average molecular weight is 233 g/mol. The molecule has 0 radical (unpaired) electrons. The molecule has 0 N–H and O–H groups in total. The van der Waals surface area contributed by atoms with Crippen LogP contribution in [0.1, 0.15) is 0 Å². The zero-order valence-electron chi connectivity index (χ0n) is 3.30. The summed E-state index contributed by atoms with van der Waals surface area (Å²) in [6, 6.07) is 0. The van der Waals surface area contributed by atoms with Crippen LogP contribution in [0.25, 0.3) is 0 Å². The predicted octanol–water partition coefficient (Wildman–Crippen LogP) is 1.38. The molecule has 0 spiro atoms. The van der Waals surface area contributed by atoms with Gasteiger partial charge in [0, 0.05) is 4.92 Å². The van der Waals surface area contributed by atoms with E-state index in [0.717, 1.165) is 0 Å². The molecule has 0 aromatic heterocycles. The second-order valence-electron chi connectivity index (χ2n) is 0.874. The first-order valence-electron chi connectivity index (χ1n) is 1.52. The van der Waals surface area contributed by atoms with Crippen LogP contribution in [0.3, 0.4) is 0 Å². The van der Waals surface area contributed by atoms with Crippen molar-refractivity contribution in [2.24, 2.45) is 0 Å².